The molecule has 88 valence electrons. The Morgan fingerprint density at radius 1 is 0.538 bits per heavy atom. The van der Waals surface area contributed by atoms with Gasteiger partial charge >= 0.3 is 0 Å². The van der Waals surface area contributed by atoms with Gasteiger partial charge in [0.15, 0.2) is 0 Å². The van der Waals surface area contributed by atoms with Crippen molar-refractivity contribution in [3.63, 3.8) is 0 Å². The van der Waals surface area contributed by atoms with Crippen molar-refractivity contribution in [3.05, 3.63) is 12.7 Å². The van der Waals surface area contributed by atoms with E-state index in [1.165, 1.54) is 0 Å². The summed E-state index contributed by atoms with van der Waals surface area (Å²) >= 11 is 0. The van der Waals surface area contributed by atoms with Gasteiger partial charge in [-0.2, -0.15) is 0 Å². The normalized spacial score (nSPS) is 3.31. The van der Waals surface area contributed by atoms with Gasteiger partial charge in [0, 0.05) is 0 Å². The van der Waals surface area contributed by atoms with Gasteiger partial charge in [-0.15, -0.1) is 6.58 Å². The summed E-state index contributed by atoms with van der Waals surface area (Å²) in [5.41, 5.74) is 0. The Morgan fingerprint density at radius 2 is 0.538 bits per heavy atom. The van der Waals surface area contributed by atoms with Crippen molar-refractivity contribution in [2.75, 3.05) is 0 Å². The molecule has 0 saturated heterocycles. The summed E-state index contributed by atoms with van der Waals surface area (Å²) in [7, 11) is 0. The van der Waals surface area contributed by atoms with Crippen molar-refractivity contribution in [1.29, 1.82) is 0 Å². The Kier molecular flexibility index (Phi) is 7350. The van der Waals surface area contributed by atoms with Gasteiger partial charge in [0.25, 0.3) is 0 Å². The lowest BCUT2D eigenvalue weighted by Gasteiger charge is -1.31. The van der Waals surface area contributed by atoms with Crippen LogP contribution in [0.3, 0.4) is 0 Å². The fourth-order valence-corrected chi connectivity index (χ4v) is 0. The number of hydrogen-bond acceptors (Lipinski definition) is 0. The topological polar surface area (TPSA) is 0 Å². The van der Waals surface area contributed by atoms with Crippen LogP contribution < -0.4 is 0 Å². The van der Waals surface area contributed by atoms with Crippen LogP contribution in [0.2, 0.25) is 0 Å². The maximum atomic E-state index is 3.36. The van der Waals surface area contributed by atoms with E-state index in [1.54, 1.807) is 6.08 Å². The molecule has 0 bridgehead atoms. The van der Waals surface area contributed by atoms with Gasteiger partial charge in [-0.3, -0.25) is 0 Å². The molecule has 0 atom stereocenters. The van der Waals surface area contributed by atoms with E-state index >= 15 is 0 Å². The summed E-state index contributed by atoms with van der Waals surface area (Å²) in [6.07, 6.45) is 1.75. The minimum Gasteiger partial charge on any atom is -0.103 e. The van der Waals surface area contributed by atoms with E-state index in [4.69, 9.17) is 0 Å². The minimum absolute atomic E-state index is 1.75. The van der Waals surface area contributed by atoms with Gasteiger partial charge in [0.1, 0.15) is 0 Å². The van der Waals surface area contributed by atoms with Crippen LogP contribution in [-0.2, 0) is 0 Å². The number of hydrogen-bond donors (Lipinski definition) is 0. The minimum atomic E-state index is 1.75. The fraction of sp³-hybridized carbons (Fsp3) is 0.846. The molecule has 0 aliphatic heterocycles. The molecule has 0 N–H and O–H groups in total. The summed E-state index contributed by atoms with van der Waals surface area (Å²) in [4.78, 5) is 0. The standard InChI is InChI=1S/C3H6.5C2H6/c1-3-2;5*1-2/h3H,1H2,2H3;5*1-2H3. The van der Waals surface area contributed by atoms with E-state index in [0.29, 0.717) is 0 Å². The second-order valence-electron chi connectivity index (χ2n) is 0.408. The third-order valence-corrected chi connectivity index (χ3v) is 0. The van der Waals surface area contributed by atoms with Crippen molar-refractivity contribution in [2.24, 2.45) is 0 Å². The highest BCUT2D eigenvalue weighted by atomic mass is 13.2. The van der Waals surface area contributed by atoms with Crippen molar-refractivity contribution in [3.8, 4) is 0 Å². The molecule has 0 rings (SSSR count). The van der Waals surface area contributed by atoms with Crippen molar-refractivity contribution < 1.29 is 0 Å². The molecule has 0 unspecified atom stereocenters. The molecule has 0 amide bonds. The van der Waals surface area contributed by atoms with Gasteiger partial charge < -0.3 is 0 Å². The summed E-state index contributed by atoms with van der Waals surface area (Å²) in [5, 5.41) is 0. The van der Waals surface area contributed by atoms with E-state index in [0.717, 1.165) is 0 Å². The predicted molar refractivity (Wildman–Crippen MR) is 72.6 cm³/mol. The smallest absolute Gasteiger partial charge is 0.0473 e. The monoisotopic (exact) mass is 192 g/mol. The lowest BCUT2D eigenvalue weighted by Crippen LogP contribution is -1.07. The fourth-order valence-electron chi connectivity index (χ4n) is 0. The van der Waals surface area contributed by atoms with Crippen LogP contribution in [0, 0.1) is 0 Å². The Morgan fingerprint density at radius 3 is 0.538 bits per heavy atom. The number of rotatable bonds is 0. The van der Waals surface area contributed by atoms with Crippen LogP contribution >= 0.6 is 0 Å². The first-order valence-corrected chi connectivity index (χ1v) is 5.99. The molecule has 0 heterocycles. The zero-order chi connectivity index (χ0) is 12.7. The molecule has 0 radical (unpaired) electrons. The SMILES string of the molecule is C=CC.CC.CC.CC.CC.CC. The first kappa shape index (κ1) is 38.7. The maximum Gasteiger partial charge on any atom is -0.0473 e. The average molecular weight is 192 g/mol. The summed E-state index contributed by atoms with van der Waals surface area (Å²) in [6.45, 7) is 25.2. The lowest BCUT2D eigenvalue weighted by atomic mass is 10.8. The third-order valence-electron chi connectivity index (χ3n) is 0. The van der Waals surface area contributed by atoms with E-state index < -0.39 is 0 Å². The van der Waals surface area contributed by atoms with Crippen LogP contribution in [-0.4, -0.2) is 0 Å². The number of allylic oxidation sites excluding steroid dienone is 1. The largest absolute Gasteiger partial charge is 0.103 e. The first-order valence-electron chi connectivity index (χ1n) is 5.99. The first-order chi connectivity index (χ1) is 6.41. The molecule has 0 spiro atoms. The highest BCUT2D eigenvalue weighted by Crippen LogP contribution is 1.38. The molecule has 0 aliphatic rings. The average Bonchev–Trinajstić information content (AvgIpc) is 2.32. The second-order valence-corrected chi connectivity index (χ2v) is 0.408. The van der Waals surface area contributed by atoms with E-state index in [2.05, 4.69) is 6.58 Å². The van der Waals surface area contributed by atoms with Gasteiger partial charge in [-0.25, -0.2) is 0 Å². The van der Waals surface area contributed by atoms with Gasteiger partial charge in [-0.05, 0) is 6.92 Å². The predicted octanol–water partition coefficient (Wildman–Crippen LogP) is 6.32. The van der Waals surface area contributed by atoms with E-state index in [1.807, 2.05) is 76.2 Å². The zero-order valence-corrected chi connectivity index (χ0v) is 12.3. The van der Waals surface area contributed by atoms with E-state index in [9.17, 15) is 0 Å². The molecule has 0 nitrogen and oxygen atoms in total. The summed E-state index contributed by atoms with van der Waals surface area (Å²) in [5.74, 6) is 0. The van der Waals surface area contributed by atoms with Crippen molar-refractivity contribution >= 4 is 0 Å². The molecule has 13 heavy (non-hydrogen) atoms. The quantitative estimate of drug-likeness (QED) is 0.394. The van der Waals surface area contributed by atoms with Gasteiger partial charge in [-0.1, -0.05) is 75.3 Å². The summed E-state index contributed by atoms with van der Waals surface area (Å²) < 4.78 is 0. The van der Waals surface area contributed by atoms with Crippen LogP contribution in [0.25, 0.3) is 0 Å². The third kappa shape index (κ3) is 16500. The van der Waals surface area contributed by atoms with E-state index in [-0.39, 0.29) is 0 Å². The molecule has 0 aromatic carbocycles. The molecule has 0 aliphatic carbocycles. The molecule has 0 saturated carbocycles. The molecule has 0 heteroatoms. The van der Waals surface area contributed by atoms with Crippen LogP contribution in [0.5, 0.6) is 0 Å². The Hall–Kier alpha value is -0.260. The van der Waals surface area contributed by atoms with Crippen molar-refractivity contribution in [2.45, 2.75) is 76.2 Å². The van der Waals surface area contributed by atoms with Crippen LogP contribution in [0.4, 0.5) is 0 Å². The van der Waals surface area contributed by atoms with Crippen LogP contribution in [0.15, 0.2) is 12.7 Å². The molecule has 0 aromatic rings. The molecular formula is C13H36. The highest BCUT2D eigenvalue weighted by molar-refractivity contribution is 4.51. The molecule has 0 fully saturated rings. The Balaban J connectivity index is -0.0000000115. The zero-order valence-electron chi connectivity index (χ0n) is 12.3. The van der Waals surface area contributed by atoms with Gasteiger partial charge in [0.2, 0.25) is 0 Å². The summed E-state index contributed by atoms with van der Waals surface area (Å²) in [6, 6.07) is 0. The maximum absolute atomic E-state index is 3.36. The Labute approximate surface area is 89.5 Å². The Bertz CT molecular complexity index is 7.51. The lowest BCUT2D eigenvalue weighted by molar-refractivity contribution is 1.50. The van der Waals surface area contributed by atoms with Crippen LogP contribution in [0.1, 0.15) is 76.2 Å². The van der Waals surface area contributed by atoms with Crippen molar-refractivity contribution in [1.82, 2.24) is 0 Å². The highest BCUT2D eigenvalue weighted by Gasteiger charge is 1.15. The second kappa shape index (κ2) is 2470. The molecule has 0 aromatic heterocycles. The van der Waals surface area contributed by atoms with Gasteiger partial charge in [0.05, 0.1) is 0 Å². The molecular weight excluding hydrogens is 156 g/mol.